The van der Waals surface area contributed by atoms with E-state index in [0.717, 1.165) is 6.08 Å². The van der Waals surface area contributed by atoms with Crippen LogP contribution in [0.1, 0.15) is 0 Å². The van der Waals surface area contributed by atoms with Crippen LogP contribution in [0.3, 0.4) is 0 Å². The van der Waals surface area contributed by atoms with E-state index in [2.05, 4.69) is 11.3 Å². The highest BCUT2D eigenvalue weighted by Crippen LogP contribution is 2.05. The minimum Gasteiger partial charge on any atom is -0.439 e. The van der Waals surface area contributed by atoms with Gasteiger partial charge in [-0.1, -0.05) is 6.58 Å². The van der Waals surface area contributed by atoms with Gasteiger partial charge < -0.3 is 4.74 Å². The Hall–Kier alpha value is -1.65. The highest BCUT2D eigenvalue weighted by molar-refractivity contribution is 6.15. The van der Waals surface area contributed by atoms with Crippen molar-refractivity contribution < 1.29 is 19.1 Å². The smallest absolute Gasteiger partial charge is 0.424 e. The molecule has 3 amide bonds. The lowest BCUT2D eigenvalue weighted by molar-refractivity contribution is -0.135. The number of hydrogen-bond acceptors (Lipinski definition) is 4. The van der Waals surface area contributed by atoms with Crippen molar-refractivity contribution in [2.24, 2.45) is 0 Å². The van der Waals surface area contributed by atoms with Gasteiger partial charge in [-0.05, 0) is 6.08 Å². The van der Waals surface area contributed by atoms with Gasteiger partial charge in [-0.15, -0.1) is 0 Å². The zero-order valence-corrected chi connectivity index (χ0v) is 5.57. The summed E-state index contributed by atoms with van der Waals surface area (Å²) < 4.78 is 4.27. The molecule has 0 N–H and O–H groups in total. The van der Waals surface area contributed by atoms with Crippen LogP contribution in [0.2, 0.25) is 0 Å². The number of ether oxygens (including phenoxy) is 1. The van der Waals surface area contributed by atoms with Crippen molar-refractivity contribution in [3.8, 4) is 0 Å². The molecule has 1 saturated heterocycles. The molecule has 0 bridgehead atoms. The summed E-state index contributed by atoms with van der Waals surface area (Å²) in [6.45, 7) is 2.76. The molecular weight excluding hydrogens is 150 g/mol. The summed E-state index contributed by atoms with van der Waals surface area (Å²) >= 11 is 0. The second-order valence-electron chi connectivity index (χ2n) is 1.83. The lowest BCUT2D eigenvalue weighted by Gasteiger charge is -2.02. The van der Waals surface area contributed by atoms with Crippen molar-refractivity contribution in [1.29, 1.82) is 0 Å². The van der Waals surface area contributed by atoms with E-state index in [0.29, 0.717) is 4.90 Å². The maximum absolute atomic E-state index is 10.7. The Labute approximate surface area is 62.2 Å². The molecule has 1 rings (SSSR count). The van der Waals surface area contributed by atoms with E-state index < -0.39 is 17.9 Å². The van der Waals surface area contributed by atoms with Crippen molar-refractivity contribution >= 4 is 17.9 Å². The molecule has 1 aliphatic rings. The van der Waals surface area contributed by atoms with Crippen LogP contribution in [0.5, 0.6) is 0 Å². The van der Waals surface area contributed by atoms with Gasteiger partial charge in [-0.2, -0.15) is 4.90 Å². The Balaban J connectivity index is 2.84. The zero-order chi connectivity index (χ0) is 8.43. The van der Waals surface area contributed by atoms with Gasteiger partial charge in [-0.3, -0.25) is 9.59 Å². The number of amides is 3. The maximum Gasteiger partial charge on any atom is 0.424 e. The van der Waals surface area contributed by atoms with Crippen LogP contribution in [0.25, 0.3) is 0 Å². The summed E-state index contributed by atoms with van der Waals surface area (Å²) in [4.78, 5) is 32.4. The summed E-state index contributed by atoms with van der Waals surface area (Å²) in [5, 5.41) is 0. The summed E-state index contributed by atoms with van der Waals surface area (Å²) in [6.07, 6.45) is -0.0512. The molecule has 11 heavy (non-hydrogen) atoms. The first-order valence-corrected chi connectivity index (χ1v) is 2.83. The fraction of sp³-hybridized carbons (Fsp3) is 0.167. The van der Waals surface area contributed by atoms with Gasteiger partial charge in [0.25, 0.3) is 11.8 Å². The third-order valence-electron chi connectivity index (χ3n) is 1.15. The minimum absolute atomic E-state index is 0.363. The Morgan fingerprint density at radius 1 is 1.64 bits per heavy atom. The summed E-state index contributed by atoms with van der Waals surface area (Å²) in [5.74, 6) is -1.41. The number of carbonyl (C=O) groups excluding carboxylic acids is 3. The van der Waals surface area contributed by atoms with E-state index in [1.807, 2.05) is 0 Å². The van der Waals surface area contributed by atoms with Gasteiger partial charge in [0.15, 0.2) is 6.61 Å². The Bertz CT molecular complexity index is 229. The molecule has 1 heterocycles. The van der Waals surface area contributed by atoms with Gasteiger partial charge in [-0.25, -0.2) is 4.79 Å². The summed E-state index contributed by atoms with van der Waals surface area (Å²) in [7, 11) is 0. The Kier molecular flexibility index (Phi) is 1.72. The molecule has 5 heteroatoms. The average molecular weight is 155 g/mol. The number of nitrogens with zero attached hydrogens (tertiary/aromatic N) is 1. The first-order chi connectivity index (χ1) is 5.16. The highest BCUT2D eigenvalue weighted by atomic mass is 16.6. The molecule has 0 radical (unpaired) electrons. The van der Waals surface area contributed by atoms with Crippen LogP contribution >= 0.6 is 0 Å². The fourth-order valence-electron chi connectivity index (χ4n) is 0.659. The molecule has 0 aromatic carbocycles. The molecule has 5 nitrogen and oxygen atoms in total. The highest BCUT2D eigenvalue weighted by Gasteiger charge is 2.34. The molecule has 0 aliphatic carbocycles. The monoisotopic (exact) mass is 155 g/mol. The quantitative estimate of drug-likeness (QED) is 0.486. The number of cyclic esters (lactones) is 1. The molecule has 0 aromatic heterocycles. The first-order valence-electron chi connectivity index (χ1n) is 2.83. The lowest BCUT2D eigenvalue weighted by Crippen LogP contribution is -2.33. The molecule has 1 fully saturated rings. The molecular formula is C6H5NO4. The molecule has 0 atom stereocenters. The van der Waals surface area contributed by atoms with Crippen LogP contribution in [-0.4, -0.2) is 29.4 Å². The van der Waals surface area contributed by atoms with Gasteiger partial charge in [0.1, 0.15) is 0 Å². The van der Waals surface area contributed by atoms with E-state index in [-0.39, 0.29) is 6.61 Å². The predicted molar refractivity (Wildman–Crippen MR) is 33.4 cm³/mol. The maximum atomic E-state index is 10.7. The van der Waals surface area contributed by atoms with Crippen molar-refractivity contribution in [3.63, 3.8) is 0 Å². The number of hydrogen-bond donors (Lipinski definition) is 0. The SMILES string of the molecule is C=CC(=O)N1C(=O)COC1=O. The number of rotatable bonds is 1. The molecule has 0 spiro atoms. The van der Waals surface area contributed by atoms with Gasteiger partial charge in [0.05, 0.1) is 0 Å². The van der Waals surface area contributed by atoms with E-state index >= 15 is 0 Å². The zero-order valence-electron chi connectivity index (χ0n) is 5.57. The topological polar surface area (TPSA) is 63.7 Å². The second-order valence-corrected chi connectivity index (χ2v) is 1.83. The molecule has 1 aliphatic heterocycles. The van der Waals surface area contributed by atoms with Crippen LogP contribution in [-0.2, 0) is 14.3 Å². The number of carbonyl (C=O) groups is 3. The van der Waals surface area contributed by atoms with Gasteiger partial charge >= 0.3 is 6.09 Å². The Morgan fingerprint density at radius 3 is 2.64 bits per heavy atom. The molecule has 0 saturated carbocycles. The Morgan fingerprint density at radius 2 is 2.27 bits per heavy atom. The molecule has 58 valence electrons. The number of imide groups is 3. The normalized spacial score (nSPS) is 16.5. The lowest BCUT2D eigenvalue weighted by atomic mass is 10.5. The van der Waals surface area contributed by atoms with Crippen LogP contribution in [0.4, 0.5) is 4.79 Å². The largest absolute Gasteiger partial charge is 0.439 e. The third kappa shape index (κ3) is 1.12. The van der Waals surface area contributed by atoms with E-state index in [1.54, 1.807) is 0 Å². The van der Waals surface area contributed by atoms with Crippen LogP contribution < -0.4 is 0 Å². The first kappa shape index (κ1) is 7.46. The standard InChI is InChI=1S/C6H5NO4/c1-2-4(8)7-5(9)3-11-6(7)10/h2H,1,3H2. The predicted octanol–water partition coefficient (Wildman–Crippen LogP) is -0.322. The minimum atomic E-state index is -0.931. The van der Waals surface area contributed by atoms with Gasteiger partial charge in [0.2, 0.25) is 0 Å². The van der Waals surface area contributed by atoms with Crippen molar-refractivity contribution in [1.82, 2.24) is 4.90 Å². The fourth-order valence-corrected chi connectivity index (χ4v) is 0.659. The third-order valence-corrected chi connectivity index (χ3v) is 1.15. The van der Waals surface area contributed by atoms with Crippen molar-refractivity contribution in [2.45, 2.75) is 0 Å². The molecule has 0 aromatic rings. The average Bonchev–Trinajstić information content (AvgIpc) is 2.30. The van der Waals surface area contributed by atoms with Crippen LogP contribution in [0, 0.1) is 0 Å². The summed E-state index contributed by atoms with van der Waals surface area (Å²) in [6, 6.07) is 0. The second kappa shape index (κ2) is 2.53. The van der Waals surface area contributed by atoms with Crippen molar-refractivity contribution in [2.75, 3.05) is 6.61 Å². The summed E-state index contributed by atoms with van der Waals surface area (Å²) in [5.41, 5.74) is 0. The van der Waals surface area contributed by atoms with E-state index in [9.17, 15) is 14.4 Å². The molecule has 0 unspecified atom stereocenters. The van der Waals surface area contributed by atoms with Crippen LogP contribution in [0.15, 0.2) is 12.7 Å². The van der Waals surface area contributed by atoms with Crippen molar-refractivity contribution in [3.05, 3.63) is 12.7 Å². The van der Waals surface area contributed by atoms with E-state index in [4.69, 9.17) is 0 Å². The van der Waals surface area contributed by atoms with Gasteiger partial charge in [0, 0.05) is 0 Å². The van der Waals surface area contributed by atoms with E-state index in [1.165, 1.54) is 0 Å².